The summed E-state index contributed by atoms with van der Waals surface area (Å²) in [7, 11) is 0. The van der Waals surface area contributed by atoms with Gasteiger partial charge in [0.2, 0.25) is 0 Å². The van der Waals surface area contributed by atoms with E-state index in [9.17, 15) is 9.59 Å². The Hall–Kier alpha value is -2.09. The molecule has 0 bridgehead atoms. The Bertz CT molecular complexity index is 817. The Morgan fingerprint density at radius 1 is 1.24 bits per heavy atom. The fourth-order valence-corrected chi connectivity index (χ4v) is 2.97. The number of rotatable bonds is 6. The van der Waals surface area contributed by atoms with Crippen molar-refractivity contribution in [2.24, 2.45) is 5.10 Å². The third kappa shape index (κ3) is 5.74. The Morgan fingerprint density at radius 3 is 2.68 bits per heavy atom. The van der Waals surface area contributed by atoms with E-state index in [-0.39, 0.29) is 6.61 Å². The Kier molecular flexibility index (Phi) is 6.81. The minimum absolute atomic E-state index is 0.257. The molecule has 1 heterocycles. The molecule has 132 valence electrons. The molecule has 1 aromatic carbocycles. The maximum Gasteiger partial charge on any atom is 0.274 e. The van der Waals surface area contributed by atoms with Crippen LogP contribution in [0, 0.1) is 0 Å². The number of hydrogen-bond acceptors (Lipinski definition) is 5. The van der Waals surface area contributed by atoms with E-state index in [4.69, 9.17) is 27.9 Å². The van der Waals surface area contributed by atoms with Crippen molar-refractivity contribution in [3.63, 3.8) is 0 Å². The molecule has 0 aliphatic heterocycles. The lowest BCUT2D eigenvalue weighted by atomic mass is 10.3. The zero-order valence-electron chi connectivity index (χ0n) is 13.4. The van der Waals surface area contributed by atoms with Crippen LogP contribution in [-0.2, 0) is 4.79 Å². The Morgan fingerprint density at radius 2 is 2.00 bits per heavy atom. The molecule has 0 fully saturated rings. The van der Waals surface area contributed by atoms with Crippen LogP contribution in [0.25, 0.3) is 0 Å². The summed E-state index contributed by atoms with van der Waals surface area (Å²) in [4.78, 5) is 24.1. The van der Waals surface area contributed by atoms with Crippen molar-refractivity contribution in [2.75, 3.05) is 11.9 Å². The maximum absolute atomic E-state index is 12.0. The number of benzene rings is 1. The molecule has 2 aromatic rings. The molecule has 2 amide bonds. The summed E-state index contributed by atoms with van der Waals surface area (Å²) in [5.74, 6) is -0.477. The summed E-state index contributed by atoms with van der Waals surface area (Å²) in [6.07, 6.45) is 0. The highest BCUT2D eigenvalue weighted by Crippen LogP contribution is 2.27. The van der Waals surface area contributed by atoms with Crippen LogP contribution in [0.3, 0.4) is 0 Å². The van der Waals surface area contributed by atoms with Gasteiger partial charge in [0.15, 0.2) is 6.61 Å². The molecule has 9 heteroatoms. The van der Waals surface area contributed by atoms with Crippen LogP contribution in [0.5, 0.6) is 5.75 Å². The number of anilines is 1. The van der Waals surface area contributed by atoms with Gasteiger partial charge in [0.05, 0.1) is 10.6 Å². The number of amides is 2. The van der Waals surface area contributed by atoms with E-state index in [0.29, 0.717) is 32.1 Å². The molecule has 0 atom stereocenters. The summed E-state index contributed by atoms with van der Waals surface area (Å²) in [6.45, 7) is 3.26. The minimum Gasteiger partial charge on any atom is -0.482 e. The third-order valence-corrected chi connectivity index (χ3v) is 4.16. The average Bonchev–Trinajstić information content (AvgIpc) is 2.99. The molecular weight excluding hydrogens is 385 g/mol. The molecule has 2 N–H and O–H groups in total. The first-order valence-corrected chi connectivity index (χ1v) is 8.77. The van der Waals surface area contributed by atoms with Crippen LogP contribution in [-0.4, -0.2) is 24.1 Å². The van der Waals surface area contributed by atoms with E-state index in [0.717, 1.165) is 0 Å². The summed E-state index contributed by atoms with van der Waals surface area (Å²) < 4.78 is 5.36. The molecule has 0 aliphatic carbocycles. The van der Waals surface area contributed by atoms with Gasteiger partial charge < -0.3 is 10.1 Å². The van der Waals surface area contributed by atoms with E-state index in [1.165, 1.54) is 17.4 Å². The highest BCUT2D eigenvalue weighted by atomic mass is 35.5. The lowest BCUT2D eigenvalue weighted by molar-refractivity contribution is -0.118. The first kappa shape index (κ1) is 19.2. The molecule has 0 saturated carbocycles. The smallest absolute Gasteiger partial charge is 0.274 e. The molecule has 1 aromatic heterocycles. The fraction of sp³-hybridized carbons (Fsp3) is 0.188. The summed E-state index contributed by atoms with van der Waals surface area (Å²) in [6, 6.07) is 6.31. The summed E-state index contributed by atoms with van der Waals surface area (Å²) >= 11 is 13.0. The van der Waals surface area contributed by atoms with Crippen LogP contribution in [0.4, 0.5) is 5.00 Å². The standard InChI is InChI=1S/C16H15Cl2N3O3S/c1-9(2)20-21-15(23)11-5-6-25-16(11)19-14(22)8-24-13-4-3-10(17)7-12(13)18/h3-7H,8H2,1-2H3,(H,19,22)(H,21,23). The predicted molar refractivity (Wildman–Crippen MR) is 101 cm³/mol. The van der Waals surface area contributed by atoms with Gasteiger partial charge >= 0.3 is 0 Å². The number of carbonyl (C=O) groups excluding carboxylic acids is 2. The first-order valence-electron chi connectivity index (χ1n) is 7.13. The van der Waals surface area contributed by atoms with Gasteiger partial charge in [-0.05, 0) is 43.5 Å². The average molecular weight is 400 g/mol. The van der Waals surface area contributed by atoms with Crippen molar-refractivity contribution in [1.29, 1.82) is 0 Å². The van der Waals surface area contributed by atoms with E-state index < -0.39 is 11.8 Å². The normalized spacial score (nSPS) is 10.1. The number of nitrogens with zero attached hydrogens (tertiary/aromatic N) is 1. The monoisotopic (exact) mass is 399 g/mol. The van der Waals surface area contributed by atoms with E-state index in [2.05, 4.69) is 15.8 Å². The Balaban J connectivity index is 1.96. The molecule has 0 radical (unpaired) electrons. The predicted octanol–water partition coefficient (Wildman–Crippen LogP) is 4.20. The number of ether oxygens (including phenoxy) is 1. The molecule has 25 heavy (non-hydrogen) atoms. The van der Waals surface area contributed by atoms with Gasteiger partial charge in [-0.2, -0.15) is 5.10 Å². The van der Waals surface area contributed by atoms with Gasteiger partial charge in [-0.3, -0.25) is 9.59 Å². The van der Waals surface area contributed by atoms with E-state index in [1.807, 2.05) is 0 Å². The first-order chi connectivity index (χ1) is 11.9. The fourth-order valence-electron chi connectivity index (χ4n) is 1.71. The summed E-state index contributed by atoms with van der Waals surface area (Å²) in [5, 5.41) is 9.38. The van der Waals surface area contributed by atoms with Gasteiger partial charge in [0, 0.05) is 10.7 Å². The summed E-state index contributed by atoms with van der Waals surface area (Å²) in [5.41, 5.74) is 3.45. The highest BCUT2D eigenvalue weighted by molar-refractivity contribution is 7.14. The number of nitrogens with one attached hydrogen (secondary N) is 2. The minimum atomic E-state index is -0.419. The van der Waals surface area contributed by atoms with Gasteiger partial charge in [0.1, 0.15) is 10.8 Å². The molecule has 0 spiro atoms. The van der Waals surface area contributed by atoms with Gasteiger partial charge in [-0.1, -0.05) is 23.2 Å². The second kappa shape index (κ2) is 8.84. The van der Waals surface area contributed by atoms with Crippen molar-refractivity contribution in [1.82, 2.24) is 5.43 Å². The zero-order valence-corrected chi connectivity index (χ0v) is 15.8. The number of hydrogen-bond donors (Lipinski definition) is 2. The Labute approximate surface area is 158 Å². The topological polar surface area (TPSA) is 79.8 Å². The van der Waals surface area contributed by atoms with Crippen LogP contribution in [0.1, 0.15) is 24.2 Å². The molecule has 2 rings (SSSR count). The largest absolute Gasteiger partial charge is 0.482 e. The SMILES string of the molecule is CC(C)=NNC(=O)c1ccsc1NC(=O)COc1ccc(Cl)cc1Cl. The molecule has 0 aliphatic rings. The molecule has 0 unspecified atom stereocenters. The van der Waals surface area contributed by atoms with Crippen molar-refractivity contribution in [2.45, 2.75) is 13.8 Å². The van der Waals surface area contributed by atoms with Crippen LogP contribution in [0.2, 0.25) is 10.0 Å². The van der Waals surface area contributed by atoms with Crippen molar-refractivity contribution in [3.8, 4) is 5.75 Å². The zero-order chi connectivity index (χ0) is 18.4. The number of halogens is 2. The molecule has 6 nitrogen and oxygen atoms in total. The number of thiophene rings is 1. The van der Waals surface area contributed by atoms with Gasteiger partial charge in [-0.15, -0.1) is 11.3 Å². The van der Waals surface area contributed by atoms with Gasteiger partial charge in [0.25, 0.3) is 11.8 Å². The van der Waals surface area contributed by atoms with Crippen LogP contribution in [0.15, 0.2) is 34.7 Å². The second-order valence-electron chi connectivity index (χ2n) is 5.07. The second-order valence-corrected chi connectivity index (χ2v) is 6.83. The molecule has 0 saturated heterocycles. The number of hydrazone groups is 1. The lowest BCUT2D eigenvalue weighted by Gasteiger charge is -2.09. The van der Waals surface area contributed by atoms with Gasteiger partial charge in [-0.25, -0.2) is 5.43 Å². The molecular formula is C16H15Cl2N3O3S. The van der Waals surface area contributed by atoms with E-state index >= 15 is 0 Å². The van der Waals surface area contributed by atoms with Crippen LogP contribution < -0.4 is 15.5 Å². The van der Waals surface area contributed by atoms with E-state index in [1.54, 1.807) is 37.4 Å². The highest BCUT2D eigenvalue weighted by Gasteiger charge is 2.15. The van der Waals surface area contributed by atoms with Crippen molar-refractivity contribution >= 4 is 57.1 Å². The maximum atomic E-state index is 12.0. The quantitative estimate of drug-likeness (QED) is 0.564. The lowest BCUT2D eigenvalue weighted by Crippen LogP contribution is -2.23. The van der Waals surface area contributed by atoms with Crippen molar-refractivity contribution < 1.29 is 14.3 Å². The third-order valence-electron chi connectivity index (χ3n) is 2.80. The number of carbonyl (C=O) groups is 2. The van der Waals surface area contributed by atoms with Crippen molar-refractivity contribution in [3.05, 3.63) is 45.3 Å². The van der Waals surface area contributed by atoms with Crippen LogP contribution >= 0.6 is 34.5 Å².